The van der Waals surface area contributed by atoms with Crippen LogP contribution < -0.4 is 4.90 Å². The number of rotatable bonds is 7. The van der Waals surface area contributed by atoms with Gasteiger partial charge in [0.25, 0.3) is 5.91 Å². The van der Waals surface area contributed by atoms with Crippen LogP contribution in [0.3, 0.4) is 0 Å². The van der Waals surface area contributed by atoms with E-state index in [2.05, 4.69) is 4.90 Å². The van der Waals surface area contributed by atoms with E-state index in [1.54, 1.807) is 11.0 Å². The van der Waals surface area contributed by atoms with Crippen LogP contribution in [0.1, 0.15) is 33.5 Å². The maximum absolute atomic E-state index is 12.2. The highest BCUT2D eigenvalue weighted by atomic mass is 16.4. The van der Waals surface area contributed by atoms with Gasteiger partial charge in [-0.1, -0.05) is 0 Å². The van der Waals surface area contributed by atoms with Crippen LogP contribution in [0.15, 0.2) is 22.1 Å². The fourth-order valence-electron chi connectivity index (χ4n) is 2.09. The average Bonchev–Trinajstić information content (AvgIpc) is 2.95. The summed E-state index contributed by atoms with van der Waals surface area (Å²) in [5.74, 6) is 1.01. The molecule has 0 aliphatic rings. The Kier molecular flexibility index (Phi) is 6.54. The van der Waals surface area contributed by atoms with E-state index in [1.807, 2.05) is 39.8 Å². The first-order chi connectivity index (χ1) is 10.1. The molecule has 114 valence electrons. The van der Waals surface area contributed by atoms with Gasteiger partial charge in [0.1, 0.15) is 17.4 Å². The van der Waals surface area contributed by atoms with Gasteiger partial charge in [-0.25, -0.2) is 0 Å². The van der Waals surface area contributed by atoms with Crippen LogP contribution in [-0.2, 0) is 4.79 Å². The molecule has 0 fully saturated rings. The molecule has 0 N–H and O–H groups in total. The van der Waals surface area contributed by atoms with E-state index in [0.29, 0.717) is 18.8 Å². The van der Waals surface area contributed by atoms with E-state index in [0.717, 1.165) is 19.0 Å². The first-order valence-electron chi connectivity index (χ1n) is 7.36. The molecule has 1 aromatic heterocycles. The summed E-state index contributed by atoms with van der Waals surface area (Å²) >= 11 is 0. The number of carbonyl (C=O) groups is 1. The molecule has 1 heterocycles. The maximum Gasteiger partial charge on any atom is 0.264 e. The van der Waals surface area contributed by atoms with Crippen molar-refractivity contribution in [3.8, 4) is 6.07 Å². The van der Waals surface area contributed by atoms with Gasteiger partial charge < -0.3 is 14.2 Å². The van der Waals surface area contributed by atoms with Gasteiger partial charge in [0.05, 0.1) is 0 Å². The lowest BCUT2D eigenvalue weighted by Crippen LogP contribution is -2.31. The van der Waals surface area contributed by atoms with E-state index in [-0.39, 0.29) is 11.5 Å². The van der Waals surface area contributed by atoms with Crippen molar-refractivity contribution in [2.45, 2.75) is 27.7 Å². The zero-order chi connectivity index (χ0) is 15.8. The van der Waals surface area contributed by atoms with Crippen molar-refractivity contribution < 1.29 is 9.21 Å². The van der Waals surface area contributed by atoms with Gasteiger partial charge in [-0.3, -0.25) is 4.79 Å². The van der Waals surface area contributed by atoms with Crippen LogP contribution in [0.5, 0.6) is 0 Å². The molecule has 21 heavy (non-hydrogen) atoms. The van der Waals surface area contributed by atoms with Crippen LogP contribution in [0.4, 0.5) is 5.88 Å². The first kappa shape index (κ1) is 16.8. The van der Waals surface area contributed by atoms with E-state index in [9.17, 15) is 10.1 Å². The number of nitrogens with zero attached hydrogens (tertiary/aromatic N) is 3. The van der Waals surface area contributed by atoms with Gasteiger partial charge in [0.2, 0.25) is 0 Å². The second kappa shape index (κ2) is 8.15. The number of likely N-dealkylation sites (N-methyl/N-ethyl adjacent to an activating group) is 1. The predicted molar refractivity (Wildman–Crippen MR) is 83.8 cm³/mol. The van der Waals surface area contributed by atoms with E-state index >= 15 is 0 Å². The summed E-state index contributed by atoms with van der Waals surface area (Å²) in [4.78, 5) is 15.9. The summed E-state index contributed by atoms with van der Waals surface area (Å²) in [5, 5.41) is 9.19. The van der Waals surface area contributed by atoms with Gasteiger partial charge in [-0.05, 0) is 33.8 Å². The number of nitriles is 1. The molecule has 0 saturated heterocycles. The second-order valence-corrected chi connectivity index (χ2v) is 4.50. The molecule has 0 radical (unpaired) electrons. The van der Waals surface area contributed by atoms with Crippen LogP contribution in [0.2, 0.25) is 0 Å². The third-order valence-electron chi connectivity index (χ3n) is 3.38. The molecule has 1 rings (SSSR count). The fourth-order valence-corrected chi connectivity index (χ4v) is 2.09. The molecule has 0 spiro atoms. The third kappa shape index (κ3) is 4.12. The van der Waals surface area contributed by atoms with Gasteiger partial charge in [-0.15, -0.1) is 0 Å². The van der Waals surface area contributed by atoms with Crippen molar-refractivity contribution in [1.82, 2.24) is 4.90 Å². The molecule has 0 saturated carbocycles. The summed E-state index contributed by atoms with van der Waals surface area (Å²) in [6.07, 6.45) is 1.51. The minimum Gasteiger partial charge on any atom is -0.441 e. The second-order valence-electron chi connectivity index (χ2n) is 4.50. The van der Waals surface area contributed by atoms with Gasteiger partial charge in [0, 0.05) is 38.3 Å². The Morgan fingerprint density at radius 2 is 1.81 bits per heavy atom. The number of hydrogen-bond acceptors (Lipinski definition) is 4. The Morgan fingerprint density at radius 3 is 2.29 bits per heavy atom. The molecule has 0 bridgehead atoms. The molecule has 0 aromatic carbocycles. The quantitative estimate of drug-likeness (QED) is 0.572. The number of amides is 1. The standard InChI is InChI=1S/C16H23N3O2/c1-5-18(6-2)15-10-9-14(21-15)11-13(12-17)16(20)19(7-3)8-4/h9-11H,5-8H2,1-4H3/b13-11-. The lowest BCUT2D eigenvalue weighted by molar-refractivity contribution is -0.126. The number of carbonyl (C=O) groups excluding carboxylic acids is 1. The lowest BCUT2D eigenvalue weighted by Gasteiger charge is -2.17. The van der Waals surface area contributed by atoms with Crippen molar-refractivity contribution in [2.24, 2.45) is 0 Å². The summed E-state index contributed by atoms with van der Waals surface area (Å²) in [6.45, 7) is 10.7. The molecule has 0 aliphatic carbocycles. The number of anilines is 1. The summed E-state index contributed by atoms with van der Waals surface area (Å²) < 4.78 is 5.68. The van der Waals surface area contributed by atoms with Crippen LogP contribution in [-0.4, -0.2) is 37.0 Å². The molecular formula is C16H23N3O2. The predicted octanol–water partition coefficient (Wildman–Crippen LogP) is 2.90. The smallest absolute Gasteiger partial charge is 0.264 e. The highest BCUT2D eigenvalue weighted by molar-refractivity contribution is 6.01. The van der Waals surface area contributed by atoms with E-state index < -0.39 is 0 Å². The van der Waals surface area contributed by atoms with Gasteiger partial charge in [-0.2, -0.15) is 5.26 Å². The third-order valence-corrected chi connectivity index (χ3v) is 3.38. The Bertz CT molecular complexity index is 532. The molecule has 1 aromatic rings. The monoisotopic (exact) mass is 289 g/mol. The van der Waals surface area contributed by atoms with Crippen molar-refractivity contribution in [3.05, 3.63) is 23.5 Å². The zero-order valence-electron chi connectivity index (χ0n) is 13.2. The normalized spacial score (nSPS) is 11.1. The highest BCUT2D eigenvalue weighted by Gasteiger charge is 2.16. The van der Waals surface area contributed by atoms with Gasteiger partial charge >= 0.3 is 0 Å². The van der Waals surface area contributed by atoms with Crippen molar-refractivity contribution in [2.75, 3.05) is 31.1 Å². The topological polar surface area (TPSA) is 60.5 Å². The summed E-state index contributed by atoms with van der Waals surface area (Å²) in [7, 11) is 0. The molecule has 5 heteroatoms. The van der Waals surface area contributed by atoms with Crippen molar-refractivity contribution in [3.63, 3.8) is 0 Å². The van der Waals surface area contributed by atoms with Crippen molar-refractivity contribution >= 4 is 17.9 Å². The lowest BCUT2D eigenvalue weighted by atomic mass is 10.2. The molecule has 0 atom stereocenters. The number of furan rings is 1. The Morgan fingerprint density at radius 1 is 1.19 bits per heavy atom. The van der Waals surface area contributed by atoms with E-state index in [1.165, 1.54) is 6.08 Å². The fraction of sp³-hybridized carbons (Fsp3) is 0.500. The SMILES string of the molecule is CCN(CC)C(=O)/C(C#N)=C\c1ccc(N(CC)CC)o1. The highest BCUT2D eigenvalue weighted by Crippen LogP contribution is 2.20. The largest absolute Gasteiger partial charge is 0.441 e. The molecule has 0 unspecified atom stereocenters. The maximum atomic E-state index is 12.2. The molecule has 0 aliphatic heterocycles. The van der Waals surface area contributed by atoms with E-state index in [4.69, 9.17) is 4.42 Å². The van der Waals surface area contributed by atoms with Crippen molar-refractivity contribution in [1.29, 1.82) is 5.26 Å². The van der Waals surface area contributed by atoms with Crippen LogP contribution in [0, 0.1) is 11.3 Å². The minimum atomic E-state index is -0.261. The number of hydrogen-bond donors (Lipinski definition) is 0. The Labute approximate surface area is 126 Å². The molecular weight excluding hydrogens is 266 g/mol. The van der Waals surface area contributed by atoms with Gasteiger partial charge in [0.15, 0.2) is 5.88 Å². The molecule has 5 nitrogen and oxygen atoms in total. The first-order valence-corrected chi connectivity index (χ1v) is 7.36. The van der Waals surface area contributed by atoms with Crippen LogP contribution >= 0.6 is 0 Å². The summed E-state index contributed by atoms with van der Waals surface area (Å²) in [6, 6.07) is 5.60. The average molecular weight is 289 g/mol. The van der Waals surface area contributed by atoms with Crippen LogP contribution in [0.25, 0.3) is 6.08 Å². The zero-order valence-corrected chi connectivity index (χ0v) is 13.2. The summed E-state index contributed by atoms with van der Waals surface area (Å²) in [5.41, 5.74) is 0.0964. The Hall–Kier alpha value is -2.22. The minimum absolute atomic E-state index is 0.0964. The molecule has 1 amide bonds. The Balaban J connectivity index is 2.99.